The van der Waals surface area contributed by atoms with E-state index < -0.39 is 42.2 Å². The maximum Gasteiger partial charge on any atom is 0.308 e. The molecule has 3 aromatic heterocycles. The zero-order valence-electron chi connectivity index (χ0n) is 28.8. The van der Waals surface area contributed by atoms with E-state index in [9.17, 15) is 24.3 Å². The maximum atomic E-state index is 13.3. The van der Waals surface area contributed by atoms with E-state index in [0.29, 0.717) is 46.7 Å². The molecule has 0 bridgehead atoms. The van der Waals surface area contributed by atoms with Crippen LogP contribution in [0.5, 0.6) is 5.88 Å². The summed E-state index contributed by atoms with van der Waals surface area (Å²) in [6.45, 7) is 5.32. The quantitative estimate of drug-likeness (QED) is 0.0809. The number of rotatable bonds is 15. The summed E-state index contributed by atoms with van der Waals surface area (Å²) in [5, 5.41) is 26.6. The van der Waals surface area contributed by atoms with Crippen molar-refractivity contribution >= 4 is 29.9 Å². The minimum atomic E-state index is -1.12. The molecule has 0 fully saturated rings. The predicted molar refractivity (Wildman–Crippen MR) is 186 cm³/mol. The van der Waals surface area contributed by atoms with E-state index in [1.165, 1.54) is 17.2 Å². The Morgan fingerprint density at radius 1 is 1.06 bits per heavy atom. The molecule has 0 unspecified atom stereocenters. The van der Waals surface area contributed by atoms with Crippen LogP contribution in [0.15, 0.2) is 76.4 Å². The lowest BCUT2D eigenvalue weighted by molar-refractivity contribution is -0.150. The number of aromatic nitrogens is 6. The van der Waals surface area contributed by atoms with Crippen molar-refractivity contribution in [2.45, 2.75) is 64.5 Å². The Morgan fingerprint density at radius 3 is 2.58 bits per heavy atom. The first-order chi connectivity index (χ1) is 24.9. The number of ether oxygens (including phenoxy) is 2. The molecule has 52 heavy (non-hydrogen) atoms. The first-order valence-electron chi connectivity index (χ1n) is 16.4. The van der Waals surface area contributed by atoms with Gasteiger partial charge in [-0.1, -0.05) is 74.5 Å². The van der Waals surface area contributed by atoms with E-state index in [2.05, 4.69) is 25.3 Å². The Morgan fingerprint density at radius 2 is 1.83 bits per heavy atom. The van der Waals surface area contributed by atoms with Crippen LogP contribution in [-0.2, 0) is 32.7 Å². The van der Waals surface area contributed by atoms with Gasteiger partial charge in [-0.2, -0.15) is 0 Å². The number of aliphatic hydroxyl groups is 1. The number of carboxylic acid groups (broad SMARTS) is 1. The molecule has 15 heteroatoms. The van der Waals surface area contributed by atoms with Crippen molar-refractivity contribution in [3.8, 4) is 5.88 Å². The molecule has 0 aliphatic rings. The number of hydrogen-bond donors (Lipinski definition) is 3. The summed E-state index contributed by atoms with van der Waals surface area (Å²) < 4.78 is 18.0. The van der Waals surface area contributed by atoms with Gasteiger partial charge in [-0.3, -0.25) is 19.2 Å². The molecule has 5 rings (SSSR count). The van der Waals surface area contributed by atoms with Gasteiger partial charge < -0.3 is 29.1 Å². The second-order valence-corrected chi connectivity index (χ2v) is 12.9. The van der Waals surface area contributed by atoms with Crippen molar-refractivity contribution in [2.75, 3.05) is 6.79 Å². The van der Waals surface area contributed by atoms with E-state index in [-0.39, 0.29) is 35.3 Å². The lowest BCUT2D eigenvalue weighted by Crippen LogP contribution is -2.38. The van der Waals surface area contributed by atoms with Crippen molar-refractivity contribution in [2.24, 2.45) is 0 Å². The minimum absolute atomic E-state index is 0.0116. The van der Waals surface area contributed by atoms with Crippen molar-refractivity contribution in [3.05, 3.63) is 122 Å². The van der Waals surface area contributed by atoms with E-state index in [1.54, 1.807) is 60.8 Å². The molecule has 270 valence electrons. The van der Waals surface area contributed by atoms with Crippen LogP contribution in [0.25, 0.3) is 12.2 Å². The molecule has 0 spiro atoms. The van der Waals surface area contributed by atoms with Gasteiger partial charge in [0.25, 0.3) is 5.56 Å². The number of carbonyl (C=O) groups excluding carboxylic acids is 2. The Hall–Kier alpha value is -6.22. The van der Waals surface area contributed by atoms with Crippen molar-refractivity contribution < 1.29 is 38.5 Å². The number of nitrogens with one attached hydrogen (secondary N) is 1. The van der Waals surface area contributed by atoms with Gasteiger partial charge in [0.2, 0.25) is 12.7 Å². The lowest BCUT2D eigenvalue weighted by atomic mass is 9.92. The third kappa shape index (κ3) is 10.2. The highest BCUT2D eigenvalue weighted by molar-refractivity contribution is 6.09. The largest absolute Gasteiger partial charge is 0.481 e. The third-order valence-electron chi connectivity index (χ3n) is 7.60. The normalized spacial score (nSPS) is 12.8. The number of aryl methyl sites for hydroxylation is 1. The molecule has 1 atom stereocenters. The van der Waals surface area contributed by atoms with Gasteiger partial charge >= 0.3 is 11.9 Å². The average molecular weight is 711 g/mol. The Bertz CT molecular complexity index is 2220. The fourth-order valence-corrected chi connectivity index (χ4v) is 5.17. The molecular weight excluding hydrogens is 672 g/mol. The van der Waals surface area contributed by atoms with Gasteiger partial charge in [0.15, 0.2) is 12.2 Å². The van der Waals surface area contributed by atoms with Crippen molar-refractivity contribution in [1.29, 1.82) is 0 Å². The van der Waals surface area contributed by atoms with Gasteiger partial charge in [-0.05, 0) is 36.6 Å². The predicted octanol–water partition coefficient (Wildman–Crippen LogP) is 2.27. The number of H-pyrrole nitrogens is 1. The van der Waals surface area contributed by atoms with Crippen LogP contribution in [-0.4, -0.2) is 70.8 Å². The smallest absolute Gasteiger partial charge is 0.308 e. The van der Waals surface area contributed by atoms with Crippen LogP contribution >= 0.6 is 0 Å². The van der Waals surface area contributed by atoms with E-state index >= 15 is 0 Å². The molecule has 0 aliphatic heterocycles. The summed E-state index contributed by atoms with van der Waals surface area (Å²) in [4.78, 5) is 61.2. The van der Waals surface area contributed by atoms with Crippen LogP contribution in [0, 0.1) is 0 Å². The fraction of sp³-hybridized carbons (Fsp3) is 0.297. The van der Waals surface area contributed by atoms with E-state index in [4.69, 9.17) is 19.0 Å². The summed E-state index contributed by atoms with van der Waals surface area (Å²) in [5.41, 5.74) is 1.58. The zero-order chi connectivity index (χ0) is 37.3. The number of carbonyl (C=O) groups is 3. The topological polar surface area (TPSA) is 213 Å². The van der Waals surface area contributed by atoms with E-state index in [1.807, 2.05) is 26.8 Å². The van der Waals surface area contributed by atoms with Crippen LogP contribution < -0.4 is 21.0 Å². The molecule has 2 aromatic carbocycles. The number of esters is 1. The number of benzene rings is 2. The second-order valence-electron chi connectivity index (χ2n) is 12.9. The number of nitrogens with zero attached hydrogens (tertiary/aromatic N) is 5. The number of aromatic amines is 1. The number of hydrogen-bond acceptors (Lipinski definition) is 12. The summed E-state index contributed by atoms with van der Waals surface area (Å²) in [7, 11) is 0. The van der Waals surface area contributed by atoms with Gasteiger partial charge in [-0.15, -0.1) is 5.10 Å². The molecule has 3 heterocycles. The average Bonchev–Trinajstić information content (AvgIpc) is 3.76. The Balaban J connectivity index is 1.31. The van der Waals surface area contributed by atoms with Crippen LogP contribution in [0.3, 0.4) is 0 Å². The lowest BCUT2D eigenvalue weighted by Gasteiger charge is -2.15. The second kappa shape index (κ2) is 16.7. The van der Waals surface area contributed by atoms with Crippen LogP contribution in [0.4, 0.5) is 0 Å². The molecule has 0 radical (unpaired) electrons. The van der Waals surface area contributed by atoms with Crippen LogP contribution in [0.1, 0.15) is 78.7 Å². The Labute approximate surface area is 297 Å². The van der Waals surface area contributed by atoms with Crippen molar-refractivity contribution in [1.82, 2.24) is 29.9 Å². The highest BCUT2D eigenvalue weighted by Crippen LogP contribution is 2.25. The van der Waals surface area contributed by atoms with E-state index in [0.717, 1.165) is 0 Å². The molecular formula is C37H38N6O9. The zero-order valence-corrected chi connectivity index (χ0v) is 28.8. The van der Waals surface area contributed by atoms with Crippen LogP contribution in [0.2, 0.25) is 0 Å². The number of aliphatic carboxylic acids is 1. The molecule has 0 aliphatic carbocycles. The highest BCUT2D eigenvalue weighted by atomic mass is 16.7. The molecule has 3 N–H and O–H groups in total. The SMILES string of the molecule is CC(C)(C)c1ocnc1/C=c1\[nH]c(=O)/c(=C/c2cccc(C(=O)c3ccccc3)c2)nc1OCOC(=O)CCCc1cn(C[C@H](O)CC(=O)O)nn1. The number of aliphatic hydroxyl groups excluding tert-OH is 1. The third-order valence-corrected chi connectivity index (χ3v) is 7.60. The summed E-state index contributed by atoms with van der Waals surface area (Å²) in [5.74, 6) is -1.33. The monoisotopic (exact) mass is 710 g/mol. The van der Waals surface area contributed by atoms with Gasteiger partial charge in [-0.25, -0.2) is 14.6 Å². The fourth-order valence-electron chi connectivity index (χ4n) is 5.17. The maximum absolute atomic E-state index is 13.3. The molecule has 15 nitrogen and oxygen atoms in total. The number of oxazole rings is 1. The number of ketones is 1. The summed E-state index contributed by atoms with van der Waals surface area (Å²) in [6, 6.07) is 15.6. The molecule has 5 aromatic rings. The van der Waals surface area contributed by atoms with Gasteiger partial charge in [0.05, 0.1) is 24.8 Å². The number of carboxylic acids is 1. The minimum Gasteiger partial charge on any atom is -0.481 e. The summed E-state index contributed by atoms with van der Waals surface area (Å²) in [6.07, 6.45) is 5.22. The molecule has 0 amide bonds. The van der Waals surface area contributed by atoms with Gasteiger partial charge in [0, 0.05) is 29.2 Å². The van der Waals surface area contributed by atoms with Crippen molar-refractivity contribution in [3.63, 3.8) is 0 Å². The molecule has 0 saturated carbocycles. The highest BCUT2D eigenvalue weighted by Gasteiger charge is 2.22. The molecule has 0 saturated heterocycles. The Kier molecular flexibility index (Phi) is 11.9. The standard InChI is InChI=1S/C37H38N6O9/c1-37(2,3)34-28(38-21-50-34)18-30-36(52-22-51-32(47)14-8-13-26-19-43(42-41-26)20-27(44)17-31(45)46)40-29(35(49)39-30)16-23-9-7-12-25(15-23)33(48)24-10-5-4-6-11-24/h4-7,9-12,15-16,18-19,21,27,44H,8,13-14,17,20,22H2,1-3H3,(H,39,49)(H,45,46)/b29-16-,30-18-/t27-/m1/s1. The summed E-state index contributed by atoms with van der Waals surface area (Å²) >= 11 is 0. The van der Waals surface area contributed by atoms with Gasteiger partial charge in [0.1, 0.15) is 22.2 Å². The first-order valence-corrected chi connectivity index (χ1v) is 16.4. The first kappa shape index (κ1) is 37.0.